The average Bonchev–Trinajstić information content (AvgIpc) is 0.748. The molecule has 109 heavy (non-hydrogen) atoms. The summed E-state index contributed by atoms with van der Waals surface area (Å²) in [4.78, 5) is 235. The normalized spacial score (nSPS) is 23.9. The molecule has 612 valence electrons. The number of carbonyl (C=O) groups is 18. The largest absolute Gasteiger partial charge is 0.481 e. The number of hydrogen-bond donors (Lipinski definition) is 25. The lowest BCUT2D eigenvalue weighted by atomic mass is 9.72. The molecule has 15 amide bonds. The number of rotatable bonds is 42. The molecule has 16 unspecified atom stereocenters. The zero-order chi connectivity index (χ0) is 81.0. The lowest BCUT2D eigenvalue weighted by molar-refractivity contribution is -0.151. The fraction of sp³-hybridized carbons (Fsp3) is 0.714. The van der Waals surface area contributed by atoms with Gasteiger partial charge in [0.15, 0.2) is 0 Å². The first-order valence-corrected chi connectivity index (χ1v) is 35.5. The standard InChI is InChI=1S/C63H102N18O28/c64-16-3-1-7-33(72-60(103)42(29-85)78-62(105)43-15-18-65-52-38(71-48(91)13-12-45(88)63(106)107)21-32-22-46(89)47(90)23-44(32)81(43)52)53(96)67-24-49(92)70-35(9-5-19-79(108)30-86)57(100)77-41(28-84)61(104)76-40(27-83)55(98)68-25-50(93)69-34-8-2-4-17-66-54(97)39(26-82)75-59(102)37(11-14-51(94)95)74-58(101)36(73-56(34)99)10-6-20-80(109)31-87/h30-44,46-47,52,65,82-85,89-90,108-109H,1-29,64H2,(H,66,97)(H,67,96)(H,68,98)(H,69,93)(H,70,92)(H,71,91)(H,72,103)(H,73,99)(H,74,101)(H,75,102)(H,76,104)(H,77,100)(H,78,105)(H,94,95)(H,106,107). The molecule has 0 aromatic rings. The number of piperidine rings is 1. The Hall–Kier alpha value is -9.78. The van der Waals surface area contributed by atoms with Gasteiger partial charge >= 0.3 is 11.9 Å². The first-order valence-electron chi connectivity index (χ1n) is 35.5. The van der Waals surface area contributed by atoms with Crippen molar-refractivity contribution in [3.8, 4) is 0 Å². The van der Waals surface area contributed by atoms with Gasteiger partial charge in [0.2, 0.25) is 95.4 Å². The minimum absolute atomic E-state index is 0.0112. The van der Waals surface area contributed by atoms with Crippen molar-refractivity contribution in [2.24, 2.45) is 11.7 Å². The fourth-order valence-corrected chi connectivity index (χ4v) is 12.6. The molecule has 4 aliphatic rings. The summed E-state index contributed by atoms with van der Waals surface area (Å²) < 4.78 is 0. The smallest absolute Gasteiger partial charge is 0.372 e. The summed E-state index contributed by atoms with van der Waals surface area (Å²) in [5, 5.41) is 134. The van der Waals surface area contributed by atoms with E-state index in [1.54, 1.807) is 4.90 Å². The number of Topliss-reactive ketones (excluding diaryl/α,β-unsaturated/α-hetero) is 1. The number of nitrogens with two attached hydrogens (primary N) is 1. The van der Waals surface area contributed by atoms with Crippen LogP contribution in [-0.2, 0) is 86.3 Å². The van der Waals surface area contributed by atoms with Gasteiger partial charge in [-0.1, -0.05) is 0 Å². The van der Waals surface area contributed by atoms with Crippen LogP contribution >= 0.6 is 0 Å². The van der Waals surface area contributed by atoms with Crippen LogP contribution in [0.1, 0.15) is 116 Å². The topological polar surface area (TPSA) is 714 Å². The fourth-order valence-electron chi connectivity index (χ4n) is 12.6. The third-order valence-corrected chi connectivity index (χ3v) is 18.4. The number of carboxylic acid groups (broad SMARTS) is 2. The summed E-state index contributed by atoms with van der Waals surface area (Å²) in [5.41, 5.74) is 5.70. The van der Waals surface area contributed by atoms with E-state index in [1.807, 2.05) is 0 Å². The van der Waals surface area contributed by atoms with E-state index in [9.17, 15) is 132 Å². The number of fused-ring (bicyclic) bond motifs is 3. The third kappa shape index (κ3) is 30.3. The highest BCUT2D eigenvalue weighted by molar-refractivity contribution is 6.32. The lowest BCUT2D eigenvalue weighted by Gasteiger charge is -2.57. The van der Waals surface area contributed by atoms with Crippen LogP contribution in [0.15, 0.2) is 0 Å². The van der Waals surface area contributed by atoms with Gasteiger partial charge in [-0.25, -0.2) is 14.9 Å². The predicted octanol–water partition coefficient (Wildman–Crippen LogP) is -13.1. The van der Waals surface area contributed by atoms with E-state index >= 15 is 0 Å². The molecular weight excluding hydrogens is 1460 g/mol. The molecule has 0 radical (unpaired) electrons. The number of aliphatic hydroxyl groups excluding tert-OH is 6. The van der Waals surface area contributed by atoms with Gasteiger partial charge in [0, 0.05) is 44.9 Å². The second-order valence-electron chi connectivity index (χ2n) is 26.4. The van der Waals surface area contributed by atoms with E-state index in [1.165, 1.54) is 0 Å². The van der Waals surface area contributed by atoms with Crippen molar-refractivity contribution in [3.05, 3.63) is 0 Å². The number of amides is 15. The van der Waals surface area contributed by atoms with E-state index in [0.717, 1.165) is 0 Å². The molecule has 3 aliphatic heterocycles. The molecule has 26 N–H and O–H groups in total. The van der Waals surface area contributed by atoms with Gasteiger partial charge < -0.3 is 116 Å². The number of nitrogens with zero attached hydrogens (tertiary/aromatic N) is 3. The van der Waals surface area contributed by atoms with Gasteiger partial charge in [-0.2, -0.15) is 0 Å². The van der Waals surface area contributed by atoms with Crippen LogP contribution in [0, 0.1) is 5.92 Å². The van der Waals surface area contributed by atoms with Crippen LogP contribution in [0.3, 0.4) is 0 Å². The second kappa shape index (κ2) is 47.2. The lowest BCUT2D eigenvalue weighted by Crippen LogP contribution is -2.75. The first kappa shape index (κ1) is 91.6. The highest BCUT2D eigenvalue weighted by Crippen LogP contribution is 2.40. The summed E-state index contributed by atoms with van der Waals surface area (Å²) in [7, 11) is 0. The maximum absolute atomic E-state index is 14.3. The average molecular weight is 1560 g/mol. The van der Waals surface area contributed by atoms with Gasteiger partial charge in [0.1, 0.15) is 54.4 Å². The molecule has 0 aromatic carbocycles. The van der Waals surface area contributed by atoms with Gasteiger partial charge in [-0.05, 0) is 115 Å². The Balaban J connectivity index is 1.43. The zero-order valence-corrected chi connectivity index (χ0v) is 59.6. The van der Waals surface area contributed by atoms with Crippen molar-refractivity contribution in [1.82, 2.24) is 89.5 Å². The minimum Gasteiger partial charge on any atom is -0.481 e. The summed E-state index contributed by atoms with van der Waals surface area (Å²) in [6, 6.07) is -17.7. The Kier molecular flexibility index (Phi) is 39.7. The highest BCUT2D eigenvalue weighted by atomic mass is 16.5. The van der Waals surface area contributed by atoms with E-state index in [-0.39, 0.29) is 126 Å². The molecule has 46 heteroatoms. The number of ketones is 1. The number of hydroxylamine groups is 4. The molecule has 46 nitrogen and oxygen atoms in total. The van der Waals surface area contributed by atoms with Gasteiger partial charge in [-0.15, -0.1) is 0 Å². The quantitative estimate of drug-likeness (QED) is 0.00887. The summed E-state index contributed by atoms with van der Waals surface area (Å²) >= 11 is 0. The third-order valence-electron chi connectivity index (χ3n) is 18.4. The van der Waals surface area contributed by atoms with Crippen molar-refractivity contribution in [2.45, 2.75) is 206 Å². The van der Waals surface area contributed by atoms with E-state index < -0.39 is 269 Å². The molecule has 1 saturated carbocycles. The molecule has 0 aromatic heterocycles. The van der Waals surface area contributed by atoms with Gasteiger partial charge in [0.25, 0.3) is 0 Å². The summed E-state index contributed by atoms with van der Waals surface area (Å²) in [5.74, 6) is -18.4. The molecule has 0 spiro atoms. The number of aliphatic carboxylic acids is 2. The minimum atomic E-state index is -1.98. The second-order valence-corrected chi connectivity index (χ2v) is 26.4. The van der Waals surface area contributed by atoms with Crippen LogP contribution < -0.4 is 80.2 Å². The van der Waals surface area contributed by atoms with Crippen molar-refractivity contribution in [3.63, 3.8) is 0 Å². The number of aliphatic hydroxyl groups is 6. The number of carbonyl (C=O) groups excluding carboxylic acids is 16. The van der Waals surface area contributed by atoms with Crippen molar-refractivity contribution in [2.75, 3.05) is 72.2 Å². The molecule has 0 bridgehead atoms. The SMILES string of the molecule is NCCCCC(NC(=O)C(CO)NC(=O)C1CCNC2C(NC(=O)CCC(=O)C(=O)O)CC3CC(O)C(O)CC3N12)C(=O)NCC(=O)NC(CCCN(O)C=O)C(=O)NC(CO)C(=O)NC(CO)C(=O)NCC(=O)NC1CCCCNC(=O)C(CO)NC(=O)C(CCC(=O)O)NC(=O)C(CCCN(O)C=O)NC1=O. The monoisotopic (exact) mass is 1560 g/mol. The molecule has 16 atom stereocenters. The molecule has 4 fully saturated rings. The van der Waals surface area contributed by atoms with E-state index in [4.69, 9.17) is 10.8 Å². The number of unbranched alkanes of at least 4 members (excludes halogenated alkanes) is 1. The first-order chi connectivity index (χ1) is 51.8. The predicted molar refractivity (Wildman–Crippen MR) is 365 cm³/mol. The van der Waals surface area contributed by atoms with Crippen LogP contribution in [0.25, 0.3) is 0 Å². The van der Waals surface area contributed by atoms with Crippen molar-refractivity contribution >= 4 is 107 Å². The van der Waals surface area contributed by atoms with Crippen molar-refractivity contribution < 1.29 is 138 Å². The van der Waals surface area contributed by atoms with Crippen LogP contribution in [-0.4, -0.2) is 337 Å². The molecular formula is C63H102N18O28. The van der Waals surface area contributed by atoms with Crippen LogP contribution in [0.2, 0.25) is 0 Å². The molecule has 4 rings (SSSR count). The maximum atomic E-state index is 14.3. The van der Waals surface area contributed by atoms with Gasteiger partial charge in [0.05, 0.1) is 70.0 Å². The number of carboxylic acids is 2. The molecule has 3 saturated heterocycles. The van der Waals surface area contributed by atoms with Crippen LogP contribution in [0.4, 0.5) is 0 Å². The maximum Gasteiger partial charge on any atom is 0.372 e. The zero-order valence-electron chi connectivity index (χ0n) is 59.6. The number of hydrogen-bond acceptors (Lipinski definition) is 29. The highest BCUT2D eigenvalue weighted by Gasteiger charge is 2.53. The molecule has 1 aliphatic carbocycles. The van der Waals surface area contributed by atoms with Crippen LogP contribution in [0.5, 0.6) is 0 Å². The van der Waals surface area contributed by atoms with Gasteiger partial charge in [-0.3, -0.25) is 102 Å². The Morgan fingerprint density at radius 2 is 1.09 bits per heavy atom. The summed E-state index contributed by atoms with van der Waals surface area (Å²) in [6.45, 7) is -6.86. The number of nitrogens with one attached hydrogen (secondary N) is 14. The van der Waals surface area contributed by atoms with Crippen molar-refractivity contribution in [1.29, 1.82) is 0 Å². The Bertz CT molecular complexity index is 3180. The summed E-state index contributed by atoms with van der Waals surface area (Å²) in [6.07, 6.45) is -5.87. The Morgan fingerprint density at radius 3 is 1.70 bits per heavy atom. The van der Waals surface area contributed by atoms with E-state index in [0.29, 0.717) is 6.42 Å². The molecule has 3 heterocycles. The Morgan fingerprint density at radius 1 is 0.550 bits per heavy atom. The van der Waals surface area contributed by atoms with E-state index in [2.05, 4.69) is 74.4 Å². The Labute approximate surface area is 622 Å².